The lowest BCUT2D eigenvalue weighted by molar-refractivity contribution is -0.136. The van der Waals surface area contributed by atoms with Gasteiger partial charge >= 0.3 is 4.87 Å². The number of carbonyl (C=O) groups is 3. The third-order valence-corrected chi connectivity index (χ3v) is 10.2. The molecule has 3 aliphatic heterocycles. The van der Waals surface area contributed by atoms with Gasteiger partial charge in [-0.15, -0.1) is 11.3 Å². The molecule has 2 saturated heterocycles. The first-order chi connectivity index (χ1) is 17.4. The minimum Gasteiger partial charge on any atom is -0.378 e. The Morgan fingerprint density at radius 1 is 1.06 bits per heavy atom. The van der Waals surface area contributed by atoms with Crippen molar-refractivity contribution in [1.82, 2.24) is 9.47 Å². The number of imide groups is 1. The second kappa shape index (κ2) is 9.25. The molecule has 3 amide bonds. The summed E-state index contributed by atoms with van der Waals surface area (Å²) < 4.78 is 20.3. The number of aromatic nitrogens is 1. The van der Waals surface area contributed by atoms with Gasteiger partial charge in [-0.05, 0) is 35.7 Å². The molecule has 0 radical (unpaired) electrons. The molecule has 2 unspecified atom stereocenters. The van der Waals surface area contributed by atoms with Gasteiger partial charge in [0.05, 0.1) is 29.8 Å². The van der Waals surface area contributed by atoms with Gasteiger partial charge in [-0.2, -0.15) is 0 Å². The minimum absolute atomic E-state index is 0.129. The van der Waals surface area contributed by atoms with Gasteiger partial charge in [0, 0.05) is 28.8 Å². The van der Waals surface area contributed by atoms with E-state index in [1.807, 2.05) is 17.5 Å². The lowest BCUT2D eigenvalue weighted by atomic mass is 9.87. The second-order valence-electron chi connectivity index (χ2n) is 8.66. The van der Waals surface area contributed by atoms with E-state index >= 15 is 0 Å². The number of hydrogen-bond acceptors (Lipinski definition) is 8. The third kappa shape index (κ3) is 3.83. The van der Waals surface area contributed by atoms with Crippen LogP contribution in [0.2, 0.25) is 0 Å². The fourth-order valence-electron chi connectivity index (χ4n) is 4.92. The van der Waals surface area contributed by atoms with Gasteiger partial charge < -0.3 is 9.64 Å². The summed E-state index contributed by atoms with van der Waals surface area (Å²) in [5.74, 6) is -2.61. The van der Waals surface area contributed by atoms with Crippen LogP contribution in [0.4, 0.5) is 10.1 Å². The van der Waals surface area contributed by atoms with Crippen LogP contribution in [0.15, 0.2) is 51.6 Å². The van der Waals surface area contributed by atoms with Gasteiger partial charge in [0.15, 0.2) is 0 Å². The Morgan fingerprint density at radius 2 is 1.81 bits per heavy atom. The average Bonchev–Trinajstić information content (AvgIpc) is 3.58. The maximum atomic E-state index is 13.7. The first kappa shape index (κ1) is 23.6. The van der Waals surface area contributed by atoms with E-state index < -0.39 is 28.8 Å². The van der Waals surface area contributed by atoms with Crippen molar-refractivity contribution in [3.8, 4) is 0 Å². The number of hydrogen-bond donors (Lipinski definition) is 0. The smallest absolute Gasteiger partial charge is 0.308 e. The van der Waals surface area contributed by atoms with E-state index in [2.05, 4.69) is 0 Å². The van der Waals surface area contributed by atoms with Crippen molar-refractivity contribution in [3.63, 3.8) is 0 Å². The summed E-state index contributed by atoms with van der Waals surface area (Å²) >= 11 is 3.67. The van der Waals surface area contributed by atoms with Crippen LogP contribution >= 0.6 is 34.4 Å². The number of carbonyl (C=O) groups excluding carboxylic acids is 3. The highest BCUT2D eigenvalue weighted by Gasteiger charge is 2.57. The van der Waals surface area contributed by atoms with Gasteiger partial charge in [-0.1, -0.05) is 29.2 Å². The normalized spacial score (nSPS) is 23.6. The lowest BCUT2D eigenvalue weighted by Gasteiger charge is -2.30. The van der Waals surface area contributed by atoms with Crippen LogP contribution in [0.5, 0.6) is 0 Å². The number of nitrogens with zero attached hydrogens (tertiary/aromatic N) is 3. The number of thiophene rings is 1. The third-order valence-electron chi connectivity index (χ3n) is 6.64. The molecule has 0 aliphatic carbocycles. The maximum Gasteiger partial charge on any atom is 0.308 e. The van der Waals surface area contributed by atoms with Crippen molar-refractivity contribution in [3.05, 3.63) is 67.0 Å². The zero-order valence-electron chi connectivity index (χ0n) is 18.8. The van der Waals surface area contributed by atoms with Crippen LogP contribution in [0.25, 0.3) is 0 Å². The second-order valence-corrected chi connectivity index (χ2v) is 11.8. The highest BCUT2D eigenvalue weighted by atomic mass is 32.2. The summed E-state index contributed by atoms with van der Waals surface area (Å²) in [6, 6.07) is 9.04. The Labute approximate surface area is 217 Å². The van der Waals surface area contributed by atoms with E-state index in [-0.39, 0.29) is 23.2 Å². The molecular formula is C24H20FN3O5S3. The quantitative estimate of drug-likeness (QED) is 0.469. The van der Waals surface area contributed by atoms with Crippen LogP contribution in [0, 0.1) is 11.7 Å². The summed E-state index contributed by atoms with van der Waals surface area (Å²) in [7, 11) is 0. The largest absolute Gasteiger partial charge is 0.378 e. The summed E-state index contributed by atoms with van der Waals surface area (Å²) in [6.45, 7) is 1.72. The summed E-state index contributed by atoms with van der Waals surface area (Å²) in [5.41, 5.74) is 0.314. The van der Waals surface area contributed by atoms with E-state index in [4.69, 9.17) is 4.74 Å². The number of anilines is 1. The molecule has 3 aromatic rings. The predicted molar refractivity (Wildman–Crippen MR) is 134 cm³/mol. The van der Waals surface area contributed by atoms with E-state index in [0.717, 1.165) is 21.1 Å². The Balaban J connectivity index is 1.41. The number of fused-ring (bicyclic) bond motifs is 2. The number of halogens is 1. The molecule has 3 atom stereocenters. The van der Waals surface area contributed by atoms with Gasteiger partial charge in [0.2, 0.25) is 17.7 Å². The Bertz CT molecular complexity index is 1400. The predicted octanol–water partition coefficient (Wildman–Crippen LogP) is 2.77. The van der Waals surface area contributed by atoms with E-state index in [9.17, 15) is 23.6 Å². The molecule has 2 fully saturated rings. The molecule has 0 spiro atoms. The minimum atomic E-state index is -0.763. The fourth-order valence-corrected chi connectivity index (χ4v) is 8.64. The molecule has 0 saturated carbocycles. The van der Waals surface area contributed by atoms with Crippen LogP contribution in [0.1, 0.15) is 15.7 Å². The van der Waals surface area contributed by atoms with Crippen LogP contribution in [-0.4, -0.2) is 58.7 Å². The van der Waals surface area contributed by atoms with Gasteiger partial charge in [-0.25, -0.2) is 9.29 Å². The maximum absolute atomic E-state index is 13.7. The van der Waals surface area contributed by atoms with Gasteiger partial charge in [-0.3, -0.25) is 23.7 Å². The molecule has 6 rings (SSSR count). The van der Waals surface area contributed by atoms with Crippen molar-refractivity contribution in [2.75, 3.05) is 31.2 Å². The summed E-state index contributed by atoms with van der Waals surface area (Å²) in [5, 5.41) is 1.70. The molecule has 0 bridgehead atoms. The summed E-state index contributed by atoms with van der Waals surface area (Å²) in [4.78, 5) is 57.4. The number of thiazole rings is 1. The van der Waals surface area contributed by atoms with Crippen molar-refractivity contribution in [1.29, 1.82) is 0 Å². The van der Waals surface area contributed by atoms with E-state index in [1.54, 1.807) is 4.90 Å². The first-order valence-electron chi connectivity index (χ1n) is 11.4. The fraction of sp³-hybridized carbons (Fsp3) is 0.333. The number of morpholine rings is 1. The SMILES string of the molecule is O=C(Cn1c2c(sc1=O)[C@H](c1cccs1)C1C(=O)N(c3ccc(F)cc3)C(=O)C1S2)N1CCOCC1. The molecule has 186 valence electrons. The highest BCUT2D eigenvalue weighted by molar-refractivity contribution is 8.00. The van der Waals surface area contributed by atoms with Gasteiger partial charge in [0.25, 0.3) is 0 Å². The topological polar surface area (TPSA) is 88.9 Å². The zero-order chi connectivity index (χ0) is 25.0. The van der Waals surface area contributed by atoms with Crippen molar-refractivity contribution in [2.24, 2.45) is 5.92 Å². The number of rotatable bonds is 4. The molecule has 2 aromatic heterocycles. The van der Waals surface area contributed by atoms with Crippen LogP contribution in [-0.2, 0) is 25.7 Å². The van der Waals surface area contributed by atoms with E-state index in [1.165, 1.54) is 51.9 Å². The Kier molecular flexibility index (Phi) is 6.06. The van der Waals surface area contributed by atoms with Crippen molar-refractivity contribution in [2.45, 2.75) is 22.7 Å². The standard InChI is InChI=1S/C24H20FN3O5S3/c25-13-3-5-14(6-4-13)28-21(30)18-17(15-2-1-11-34-15)20-23(35-19(18)22(28)31)27(24(32)36-20)12-16(29)26-7-9-33-10-8-26/h1-6,11,17-19H,7-10,12H2/t17-,18?,19?/m1/s1. The number of benzene rings is 1. The molecule has 36 heavy (non-hydrogen) atoms. The molecule has 1 aromatic carbocycles. The molecule has 3 aliphatic rings. The van der Waals surface area contributed by atoms with Gasteiger partial charge in [0.1, 0.15) is 17.6 Å². The molecule has 8 nitrogen and oxygen atoms in total. The van der Waals surface area contributed by atoms with Crippen molar-refractivity contribution < 1.29 is 23.5 Å². The summed E-state index contributed by atoms with van der Waals surface area (Å²) in [6.07, 6.45) is 0. The number of thioether (sulfide) groups is 1. The number of ether oxygens (including phenoxy) is 1. The Hall–Kier alpha value is -2.80. The van der Waals surface area contributed by atoms with E-state index in [0.29, 0.717) is 41.9 Å². The molecular weight excluding hydrogens is 525 g/mol. The number of amides is 3. The average molecular weight is 546 g/mol. The molecule has 5 heterocycles. The molecule has 0 N–H and O–H groups in total. The van der Waals surface area contributed by atoms with Crippen LogP contribution < -0.4 is 9.77 Å². The molecule has 12 heteroatoms. The van der Waals surface area contributed by atoms with Crippen LogP contribution in [0.3, 0.4) is 0 Å². The Morgan fingerprint density at radius 3 is 2.50 bits per heavy atom. The zero-order valence-corrected chi connectivity index (χ0v) is 21.2. The highest BCUT2D eigenvalue weighted by Crippen LogP contribution is 2.54. The van der Waals surface area contributed by atoms with Crippen molar-refractivity contribution >= 4 is 57.8 Å². The lowest BCUT2D eigenvalue weighted by Crippen LogP contribution is -2.43. The first-order valence-corrected chi connectivity index (χ1v) is 13.9. The monoisotopic (exact) mass is 545 g/mol.